The molecule has 3 heteroatoms. The molecule has 28 heavy (non-hydrogen) atoms. The fourth-order valence-corrected chi connectivity index (χ4v) is 3.31. The van der Waals surface area contributed by atoms with Gasteiger partial charge in [0.1, 0.15) is 0 Å². The highest BCUT2D eigenvalue weighted by atomic mass is 35.5. The summed E-state index contributed by atoms with van der Waals surface area (Å²) in [5.74, 6) is 0. The molecular weight excluding hydrogens is 364 g/mol. The molecular formula is C25H31ClN2. The lowest BCUT2D eigenvalue weighted by Crippen LogP contribution is -2.25. The number of nitrogens with zero attached hydrogens (tertiary/aromatic N) is 2. The average molecular weight is 395 g/mol. The predicted molar refractivity (Wildman–Crippen MR) is 126 cm³/mol. The summed E-state index contributed by atoms with van der Waals surface area (Å²) in [5, 5.41) is 1.19. The van der Waals surface area contributed by atoms with Crippen molar-refractivity contribution >= 4 is 41.1 Å². The summed E-state index contributed by atoms with van der Waals surface area (Å²) in [6.07, 6.45) is 11.2. The highest BCUT2D eigenvalue weighted by Gasteiger charge is 2.05. The summed E-state index contributed by atoms with van der Waals surface area (Å²) in [5.41, 5.74) is 4.81. The van der Waals surface area contributed by atoms with Gasteiger partial charge in [0.25, 0.3) is 0 Å². The van der Waals surface area contributed by atoms with E-state index in [9.17, 15) is 0 Å². The lowest BCUT2D eigenvalue weighted by Gasteiger charge is -2.24. The lowest BCUT2D eigenvalue weighted by atomic mass is 10.1. The SMILES string of the molecule is CCCCN(CCCC)c1ccc(/C=C/c2ccnc3ccccc23)cc1.Cl. The predicted octanol–water partition coefficient (Wildman–Crippen LogP) is 7.23. The van der Waals surface area contributed by atoms with Gasteiger partial charge in [-0.2, -0.15) is 0 Å². The molecule has 0 amide bonds. The second kappa shape index (κ2) is 11.5. The Labute approximate surface area is 175 Å². The number of anilines is 1. The van der Waals surface area contributed by atoms with Crippen LogP contribution in [-0.2, 0) is 0 Å². The number of para-hydroxylation sites is 1. The van der Waals surface area contributed by atoms with Crippen LogP contribution in [0.5, 0.6) is 0 Å². The smallest absolute Gasteiger partial charge is 0.0707 e. The average Bonchev–Trinajstić information content (AvgIpc) is 2.73. The Balaban J connectivity index is 0.00000280. The second-order valence-electron chi connectivity index (χ2n) is 7.04. The number of aromatic nitrogens is 1. The largest absolute Gasteiger partial charge is 0.372 e. The van der Waals surface area contributed by atoms with Crippen LogP contribution in [-0.4, -0.2) is 18.1 Å². The molecule has 2 nitrogen and oxygen atoms in total. The van der Waals surface area contributed by atoms with Crippen LogP contribution in [0.3, 0.4) is 0 Å². The molecule has 3 rings (SSSR count). The van der Waals surface area contributed by atoms with Crippen molar-refractivity contribution in [3.05, 3.63) is 71.9 Å². The van der Waals surface area contributed by atoms with Crippen molar-refractivity contribution < 1.29 is 0 Å². The monoisotopic (exact) mass is 394 g/mol. The third-order valence-corrected chi connectivity index (χ3v) is 4.96. The summed E-state index contributed by atoms with van der Waals surface area (Å²) in [7, 11) is 0. The van der Waals surface area contributed by atoms with E-state index in [0.717, 1.165) is 18.6 Å². The molecule has 0 saturated heterocycles. The zero-order valence-electron chi connectivity index (χ0n) is 17.0. The van der Waals surface area contributed by atoms with Gasteiger partial charge in [0.05, 0.1) is 5.52 Å². The van der Waals surface area contributed by atoms with Crippen molar-refractivity contribution in [2.45, 2.75) is 39.5 Å². The van der Waals surface area contributed by atoms with Crippen LogP contribution < -0.4 is 4.90 Å². The van der Waals surface area contributed by atoms with E-state index in [4.69, 9.17) is 0 Å². The van der Waals surface area contributed by atoms with Gasteiger partial charge >= 0.3 is 0 Å². The topological polar surface area (TPSA) is 16.1 Å². The molecule has 0 aliphatic heterocycles. The molecule has 0 fully saturated rings. The van der Waals surface area contributed by atoms with Crippen molar-refractivity contribution in [3.8, 4) is 0 Å². The first-order valence-electron chi connectivity index (χ1n) is 10.2. The van der Waals surface area contributed by atoms with E-state index in [-0.39, 0.29) is 12.4 Å². The van der Waals surface area contributed by atoms with Crippen LogP contribution in [0.1, 0.15) is 50.7 Å². The molecule has 3 aromatic rings. The van der Waals surface area contributed by atoms with Gasteiger partial charge in [-0.3, -0.25) is 4.98 Å². The number of hydrogen-bond donors (Lipinski definition) is 0. The summed E-state index contributed by atoms with van der Waals surface area (Å²) in [4.78, 5) is 6.96. The maximum absolute atomic E-state index is 4.44. The van der Waals surface area contributed by atoms with Crippen molar-refractivity contribution in [2.75, 3.05) is 18.0 Å². The Morgan fingerprint density at radius 1 is 0.821 bits per heavy atom. The van der Waals surface area contributed by atoms with Gasteiger partial charge in [0, 0.05) is 30.4 Å². The third kappa shape index (κ3) is 5.84. The third-order valence-electron chi connectivity index (χ3n) is 4.96. The van der Waals surface area contributed by atoms with Crippen molar-refractivity contribution in [3.63, 3.8) is 0 Å². The van der Waals surface area contributed by atoms with Crippen molar-refractivity contribution in [1.82, 2.24) is 4.98 Å². The standard InChI is InChI=1S/C25H30N2.ClH/c1-3-5-19-27(20-6-4-2)23-15-12-21(13-16-23)11-14-22-17-18-26-25-10-8-7-9-24(22)25;/h7-18H,3-6,19-20H2,1-2H3;1H/b14-11+;. The second-order valence-corrected chi connectivity index (χ2v) is 7.04. The van der Waals surface area contributed by atoms with E-state index in [1.165, 1.54) is 47.9 Å². The number of rotatable bonds is 9. The summed E-state index contributed by atoms with van der Waals surface area (Å²) >= 11 is 0. The molecule has 0 saturated carbocycles. The molecule has 2 aromatic carbocycles. The number of halogens is 1. The lowest BCUT2D eigenvalue weighted by molar-refractivity contribution is 0.678. The van der Waals surface area contributed by atoms with Gasteiger partial charge in [-0.05, 0) is 48.2 Å². The van der Waals surface area contributed by atoms with Crippen LogP contribution >= 0.6 is 12.4 Å². The number of fused-ring (bicyclic) bond motifs is 1. The summed E-state index contributed by atoms with van der Waals surface area (Å²) < 4.78 is 0. The highest BCUT2D eigenvalue weighted by molar-refractivity contribution is 5.90. The van der Waals surface area contributed by atoms with Crippen molar-refractivity contribution in [1.29, 1.82) is 0 Å². The minimum absolute atomic E-state index is 0. The minimum Gasteiger partial charge on any atom is -0.372 e. The molecule has 148 valence electrons. The normalized spacial score (nSPS) is 10.9. The van der Waals surface area contributed by atoms with E-state index < -0.39 is 0 Å². The summed E-state index contributed by atoms with van der Waals surface area (Å²) in [6.45, 7) is 6.81. The molecule has 0 bridgehead atoms. The van der Waals surface area contributed by atoms with Gasteiger partial charge in [-0.15, -0.1) is 12.4 Å². The molecule has 1 heterocycles. The zero-order chi connectivity index (χ0) is 18.9. The molecule has 0 aliphatic carbocycles. The maximum atomic E-state index is 4.44. The van der Waals surface area contributed by atoms with Crippen LogP contribution in [0.2, 0.25) is 0 Å². The number of unbranched alkanes of at least 4 members (excludes halogenated alkanes) is 2. The Morgan fingerprint density at radius 2 is 1.50 bits per heavy atom. The van der Waals surface area contributed by atoms with Crippen LogP contribution in [0.4, 0.5) is 5.69 Å². The van der Waals surface area contributed by atoms with E-state index in [1.54, 1.807) is 0 Å². The molecule has 0 radical (unpaired) electrons. The van der Waals surface area contributed by atoms with Crippen LogP contribution in [0.25, 0.3) is 23.1 Å². The highest BCUT2D eigenvalue weighted by Crippen LogP contribution is 2.21. The molecule has 0 N–H and O–H groups in total. The van der Waals surface area contributed by atoms with E-state index in [1.807, 2.05) is 12.3 Å². The first-order valence-corrected chi connectivity index (χ1v) is 10.2. The number of benzene rings is 2. The van der Waals surface area contributed by atoms with Crippen LogP contribution in [0, 0.1) is 0 Å². The van der Waals surface area contributed by atoms with E-state index in [2.05, 4.69) is 84.4 Å². The quantitative estimate of drug-likeness (QED) is 0.380. The van der Waals surface area contributed by atoms with E-state index >= 15 is 0 Å². The Morgan fingerprint density at radius 3 is 2.18 bits per heavy atom. The molecule has 0 atom stereocenters. The fourth-order valence-electron chi connectivity index (χ4n) is 3.31. The molecule has 1 aromatic heterocycles. The molecule has 0 spiro atoms. The summed E-state index contributed by atoms with van der Waals surface area (Å²) in [6, 6.07) is 19.3. The van der Waals surface area contributed by atoms with Gasteiger partial charge in [-0.25, -0.2) is 0 Å². The first-order chi connectivity index (χ1) is 13.3. The first kappa shape index (κ1) is 22.0. The molecule has 0 unspecified atom stereocenters. The zero-order valence-corrected chi connectivity index (χ0v) is 17.8. The Hall–Kier alpha value is -2.32. The van der Waals surface area contributed by atoms with Crippen LogP contribution in [0.15, 0.2) is 60.8 Å². The Bertz CT molecular complexity index is 858. The fraction of sp³-hybridized carbons (Fsp3) is 0.320. The van der Waals surface area contributed by atoms with Gasteiger partial charge in [0.2, 0.25) is 0 Å². The minimum atomic E-state index is 0. The number of hydrogen-bond acceptors (Lipinski definition) is 2. The van der Waals surface area contributed by atoms with Crippen molar-refractivity contribution in [2.24, 2.45) is 0 Å². The van der Waals surface area contributed by atoms with E-state index in [0.29, 0.717) is 0 Å². The Kier molecular flexibility index (Phi) is 9.03. The van der Waals surface area contributed by atoms with Gasteiger partial charge in [-0.1, -0.05) is 69.2 Å². The van der Waals surface area contributed by atoms with Gasteiger partial charge in [0.15, 0.2) is 0 Å². The molecule has 0 aliphatic rings. The van der Waals surface area contributed by atoms with Gasteiger partial charge < -0.3 is 4.90 Å². The maximum Gasteiger partial charge on any atom is 0.0707 e. The number of pyridine rings is 1.